The molecule has 344 valence electrons. The van der Waals surface area contributed by atoms with Crippen LogP contribution in [-0.2, 0) is 57.0 Å². The first kappa shape index (κ1) is 45.3. The van der Waals surface area contributed by atoms with E-state index >= 15 is 0 Å². The number of fused-ring (bicyclic) bond motifs is 7. The number of carbonyl (C=O) groups is 3. The van der Waals surface area contributed by atoms with Crippen molar-refractivity contribution < 1.29 is 77.4 Å². The minimum absolute atomic E-state index is 0.0435. The second kappa shape index (κ2) is 17.0. The van der Waals surface area contributed by atoms with Crippen LogP contribution in [0.15, 0.2) is 11.6 Å². The zero-order valence-electron chi connectivity index (χ0n) is 36.8. The number of ether oxygens (including phenoxy) is 9. The zero-order valence-corrected chi connectivity index (χ0v) is 36.8. The van der Waals surface area contributed by atoms with Crippen molar-refractivity contribution in [2.75, 3.05) is 13.2 Å². The van der Waals surface area contributed by atoms with Crippen molar-refractivity contribution in [2.45, 2.75) is 192 Å². The van der Waals surface area contributed by atoms with Crippen LogP contribution in [0.5, 0.6) is 0 Å². The Labute approximate surface area is 358 Å². The lowest BCUT2D eigenvalue weighted by molar-refractivity contribution is -0.375. The molecular weight excluding hydrogens is 796 g/mol. The second-order valence-electron chi connectivity index (χ2n) is 20.1. The van der Waals surface area contributed by atoms with Gasteiger partial charge in [0.05, 0.1) is 31.0 Å². The third-order valence-electron chi connectivity index (χ3n) is 16.5. The second-order valence-corrected chi connectivity index (χ2v) is 20.1. The lowest BCUT2D eigenvalue weighted by Gasteiger charge is -2.60. The largest absolute Gasteiger partial charge is 0.463 e. The van der Waals surface area contributed by atoms with Crippen LogP contribution in [0, 0.1) is 46.3 Å². The Hall–Kier alpha value is -2.25. The molecule has 0 unspecified atom stereocenters. The standard InChI is InChI=1S/C45H68O16/c1-20-11-14-45(54-18-20)21(2)34-31(61-45)17-30-28-10-9-26-15-27(49)16-33(44(26,8)29(28)12-13-43(30,34)7)59-42-40(60-41-37(52)36(51)35(50)22(3)55-41)39(57-25(6)48)38(56-24(5)47)32(58-42)19-53-23(4)46/h9,20-22,27-42,49-52H,10-19H2,1-8H3/t20-,21+,22+,27-,28+,29-,30+,31+,32-,33-,34+,35+,36-,37-,38+,39+,40-,41+,42+,43+,44+,45-/m1/s1. The summed E-state index contributed by atoms with van der Waals surface area (Å²) in [5.74, 6) is -0.657. The maximum absolute atomic E-state index is 12.8. The number of carbonyl (C=O) groups excluding carboxylic acids is 3. The first-order valence-electron chi connectivity index (χ1n) is 22.6. The van der Waals surface area contributed by atoms with Gasteiger partial charge in [-0.1, -0.05) is 39.3 Å². The summed E-state index contributed by atoms with van der Waals surface area (Å²) in [7, 11) is 0. The van der Waals surface area contributed by atoms with Gasteiger partial charge in [-0.15, -0.1) is 0 Å². The molecule has 61 heavy (non-hydrogen) atoms. The van der Waals surface area contributed by atoms with Crippen LogP contribution in [0.2, 0.25) is 0 Å². The van der Waals surface area contributed by atoms with Crippen molar-refractivity contribution >= 4 is 17.9 Å². The molecule has 4 aliphatic carbocycles. The van der Waals surface area contributed by atoms with Crippen LogP contribution in [0.3, 0.4) is 0 Å². The summed E-state index contributed by atoms with van der Waals surface area (Å²) in [5.41, 5.74) is 0.557. The van der Waals surface area contributed by atoms with E-state index in [2.05, 4.69) is 33.8 Å². The molecule has 3 saturated carbocycles. The van der Waals surface area contributed by atoms with Gasteiger partial charge in [0, 0.05) is 44.9 Å². The molecule has 0 amide bonds. The smallest absolute Gasteiger partial charge is 0.303 e. The molecule has 4 N–H and O–H groups in total. The summed E-state index contributed by atoms with van der Waals surface area (Å²) < 4.78 is 56.4. The average molecular weight is 865 g/mol. The van der Waals surface area contributed by atoms with Gasteiger partial charge in [0.1, 0.15) is 31.0 Å². The Kier molecular flexibility index (Phi) is 12.6. The number of hydrogen-bond acceptors (Lipinski definition) is 16. The third kappa shape index (κ3) is 7.90. The fourth-order valence-electron chi connectivity index (χ4n) is 13.5. The molecule has 16 nitrogen and oxygen atoms in total. The topological polar surface area (TPSA) is 215 Å². The van der Waals surface area contributed by atoms with E-state index in [1.807, 2.05) is 0 Å². The molecule has 7 fully saturated rings. The van der Waals surface area contributed by atoms with Gasteiger partial charge in [-0.2, -0.15) is 0 Å². The van der Waals surface area contributed by atoms with Gasteiger partial charge in [-0.3, -0.25) is 14.4 Å². The minimum atomic E-state index is -1.75. The Morgan fingerprint density at radius 1 is 0.803 bits per heavy atom. The molecule has 0 aromatic carbocycles. The highest BCUT2D eigenvalue weighted by molar-refractivity contribution is 5.68. The number of esters is 3. The summed E-state index contributed by atoms with van der Waals surface area (Å²) >= 11 is 0. The fraction of sp³-hybridized carbons (Fsp3) is 0.889. The van der Waals surface area contributed by atoms with Crippen LogP contribution in [0.25, 0.3) is 0 Å². The summed E-state index contributed by atoms with van der Waals surface area (Å²) in [4.78, 5) is 37.5. The first-order valence-corrected chi connectivity index (χ1v) is 22.6. The van der Waals surface area contributed by atoms with Gasteiger partial charge < -0.3 is 63.1 Å². The summed E-state index contributed by atoms with van der Waals surface area (Å²) in [6, 6.07) is 0. The summed E-state index contributed by atoms with van der Waals surface area (Å²) in [5, 5.41) is 43.8. The van der Waals surface area contributed by atoms with Gasteiger partial charge in [-0.25, -0.2) is 0 Å². The fourth-order valence-corrected chi connectivity index (χ4v) is 13.5. The number of aliphatic hydroxyl groups excluding tert-OH is 4. The van der Waals surface area contributed by atoms with Crippen molar-refractivity contribution in [3.8, 4) is 0 Å². The van der Waals surface area contributed by atoms with Crippen molar-refractivity contribution in [3.63, 3.8) is 0 Å². The molecule has 16 heteroatoms. The number of rotatable bonds is 8. The molecule has 1 spiro atoms. The molecule has 4 aliphatic heterocycles. The number of aliphatic hydroxyl groups is 4. The van der Waals surface area contributed by atoms with E-state index in [0.29, 0.717) is 30.1 Å². The van der Waals surface area contributed by atoms with E-state index in [9.17, 15) is 34.8 Å². The molecule has 8 aliphatic rings. The molecule has 0 aromatic heterocycles. The van der Waals surface area contributed by atoms with Gasteiger partial charge in [0.2, 0.25) is 0 Å². The van der Waals surface area contributed by atoms with E-state index in [1.54, 1.807) is 0 Å². The van der Waals surface area contributed by atoms with Crippen molar-refractivity contribution in [3.05, 3.63) is 11.6 Å². The highest BCUT2D eigenvalue weighted by Crippen LogP contribution is 2.71. The number of allylic oxidation sites excluding steroid dienone is 1. The lowest BCUT2D eigenvalue weighted by atomic mass is 9.46. The quantitative estimate of drug-likeness (QED) is 0.157. The third-order valence-corrected chi connectivity index (χ3v) is 16.5. The van der Waals surface area contributed by atoms with Crippen LogP contribution in [0.1, 0.15) is 107 Å². The summed E-state index contributed by atoms with van der Waals surface area (Å²) in [6.45, 7) is 14.6. The maximum Gasteiger partial charge on any atom is 0.303 e. The van der Waals surface area contributed by atoms with Gasteiger partial charge in [-0.05, 0) is 80.5 Å². The zero-order chi connectivity index (χ0) is 43.9. The van der Waals surface area contributed by atoms with Crippen LogP contribution >= 0.6 is 0 Å². The average Bonchev–Trinajstić information content (AvgIpc) is 3.64. The monoisotopic (exact) mass is 864 g/mol. The van der Waals surface area contributed by atoms with E-state index in [1.165, 1.54) is 27.7 Å². The van der Waals surface area contributed by atoms with Crippen molar-refractivity contribution in [2.24, 2.45) is 46.3 Å². The van der Waals surface area contributed by atoms with Crippen LogP contribution in [-0.4, -0.2) is 137 Å². The molecule has 0 bridgehead atoms. The Morgan fingerprint density at radius 2 is 1.52 bits per heavy atom. The Balaban J connectivity index is 1.12. The Morgan fingerprint density at radius 3 is 2.20 bits per heavy atom. The van der Waals surface area contributed by atoms with E-state index < -0.39 is 109 Å². The Bertz CT molecular complexity index is 1680. The van der Waals surface area contributed by atoms with Crippen molar-refractivity contribution in [1.29, 1.82) is 0 Å². The van der Waals surface area contributed by atoms with Gasteiger partial charge in [0.15, 0.2) is 36.7 Å². The minimum Gasteiger partial charge on any atom is -0.463 e. The molecular formula is C45H68O16. The lowest BCUT2D eigenvalue weighted by Crippen LogP contribution is -2.66. The van der Waals surface area contributed by atoms with E-state index in [0.717, 1.165) is 50.7 Å². The normalized spacial score (nSPS) is 51.6. The highest BCUT2D eigenvalue weighted by Gasteiger charge is 2.70. The van der Waals surface area contributed by atoms with Gasteiger partial charge in [0.25, 0.3) is 0 Å². The van der Waals surface area contributed by atoms with E-state index in [4.69, 9.17) is 42.6 Å². The molecule has 4 heterocycles. The molecule has 8 rings (SSSR count). The molecule has 4 saturated heterocycles. The maximum atomic E-state index is 12.8. The molecule has 22 atom stereocenters. The first-order chi connectivity index (χ1) is 28.8. The van der Waals surface area contributed by atoms with Crippen LogP contribution in [0.4, 0.5) is 0 Å². The van der Waals surface area contributed by atoms with Crippen molar-refractivity contribution in [1.82, 2.24) is 0 Å². The predicted octanol–water partition coefficient (Wildman–Crippen LogP) is 3.07. The predicted molar refractivity (Wildman–Crippen MR) is 212 cm³/mol. The molecule has 0 radical (unpaired) electrons. The van der Waals surface area contributed by atoms with Crippen LogP contribution < -0.4 is 0 Å². The SMILES string of the molecule is CC(=O)OC[C@H]1O[C@@H](O[C@@H]2C[C@H](O)CC3=CC[C@H]4[C@@H](CC[C@]5(C)[C@@H]6[C@H](C[C@@H]45)O[C@]4(CC[C@@H](C)CO4)[C@H]6C)[C@]32C)[C@H](O[C@@H]2O[C@@H](C)[C@H](O)[C@@H](O)[C@H]2O)[C@@H](OC(C)=O)[C@H]1OC(C)=O. The highest BCUT2D eigenvalue weighted by atomic mass is 16.8. The molecule has 0 aromatic rings. The number of hydrogen-bond donors (Lipinski definition) is 4. The summed E-state index contributed by atoms with van der Waals surface area (Å²) in [6.07, 6.45) is -6.89. The van der Waals surface area contributed by atoms with E-state index in [-0.39, 0.29) is 29.8 Å². The van der Waals surface area contributed by atoms with Gasteiger partial charge >= 0.3 is 17.9 Å².